The Bertz CT molecular complexity index is 1240. The lowest BCUT2D eigenvalue weighted by molar-refractivity contribution is -0.604. The van der Waals surface area contributed by atoms with Crippen LogP contribution < -0.4 is 9.83 Å². The third-order valence-electron chi connectivity index (χ3n) is 4.44. The molecule has 4 heterocycles. The molecule has 154 valence electrons. The van der Waals surface area contributed by atoms with Gasteiger partial charge < -0.3 is 5.32 Å². The molecule has 0 radical (unpaired) electrons. The van der Waals surface area contributed by atoms with E-state index in [1.54, 1.807) is 18.2 Å². The number of thiophene rings is 1. The number of carbonyl (C=O) groups is 1. The van der Waals surface area contributed by atoms with Gasteiger partial charge in [0.1, 0.15) is 11.5 Å². The standard InChI is InChI=1S/C20H16F3N5OS/c1-3-12-4-5-15(30-12)13-9-16(20(21,22)23)28-18(25-13)10-14(27-28)19(29)26-17-8-11(2)6-7-24-17/h4-10H,3H2,1-2H3,(H,24,26,29)/p+1. The number of rotatable bonds is 4. The van der Waals surface area contributed by atoms with Gasteiger partial charge in [-0.15, -0.1) is 15.9 Å². The average molecular weight is 432 g/mol. The second-order valence-corrected chi connectivity index (χ2v) is 7.85. The van der Waals surface area contributed by atoms with E-state index in [2.05, 4.69) is 20.4 Å². The largest absolute Gasteiger partial charge is 0.456 e. The summed E-state index contributed by atoms with van der Waals surface area (Å²) < 4.78 is 41.9. The van der Waals surface area contributed by atoms with Crippen molar-refractivity contribution in [1.29, 1.82) is 0 Å². The lowest BCUT2D eigenvalue weighted by atomic mass is 10.2. The van der Waals surface area contributed by atoms with E-state index in [1.165, 1.54) is 23.6 Å². The number of hydrogen-bond donors (Lipinski definition) is 2. The van der Waals surface area contributed by atoms with Crippen LogP contribution in [0, 0.1) is 6.92 Å². The molecule has 0 unspecified atom stereocenters. The maximum absolute atomic E-state index is 13.7. The Labute approximate surface area is 173 Å². The van der Waals surface area contributed by atoms with Crippen LogP contribution in [0.1, 0.15) is 33.5 Å². The highest BCUT2D eigenvalue weighted by molar-refractivity contribution is 7.15. The third kappa shape index (κ3) is 3.90. The number of aryl methyl sites for hydroxylation is 2. The van der Waals surface area contributed by atoms with Crippen LogP contribution in [0.4, 0.5) is 19.0 Å². The van der Waals surface area contributed by atoms with E-state index in [9.17, 15) is 18.0 Å². The van der Waals surface area contributed by atoms with Crippen molar-refractivity contribution in [1.82, 2.24) is 15.1 Å². The number of anilines is 1. The second-order valence-electron chi connectivity index (χ2n) is 6.68. The highest BCUT2D eigenvalue weighted by Crippen LogP contribution is 2.32. The molecular formula is C20H17F3N5OS+. The first-order chi connectivity index (χ1) is 14.2. The minimum Gasteiger partial charge on any atom is -0.305 e. The summed E-state index contributed by atoms with van der Waals surface area (Å²) in [5, 5.41) is 5.07. The Kier molecular flexibility index (Phi) is 5.02. The molecule has 4 aromatic rings. The number of nitrogens with one attached hydrogen (secondary N) is 2. The number of carbonyl (C=O) groups excluding carboxylic acids is 1. The van der Waals surface area contributed by atoms with Crippen LogP contribution in [-0.4, -0.2) is 21.0 Å². The molecule has 0 bridgehead atoms. The normalized spacial score (nSPS) is 11.8. The van der Waals surface area contributed by atoms with Crippen LogP contribution >= 0.6 is 11.3 Å². The molecule has 0 aliphatic heterocycles. The molecule has 0 aromatic carbocycles. The van der Waals surface area contributed by atoms with Crippen LogP contribution in [0.3, 0.4) is 0 Å². The highest BCUT2D eigenvalue weighted by atomic mass is 32.1. The first-order valence-electron chi connectivity index (χ1n) is 9.10. The van der Waals surface area contributed by atoms with Crippen molar-refractivity contribution in [2.45, 2.75) is 26.4 Å². The zero-order valence-corrected chi connectivity index (χ0v) is 16.9. The molecule has 4 aromatic heterocycles. The molecule has 1 amide bonds. The number of nitrogens with zero attached hydrogens (tertiary/aromatic N) is 3. The maximum Gasteiger partial charge on any atom is 0.456 e. The fraction of sp³-hybridized carbons (Fsp3) is 0.200. The molecule has 6 nitrogen and oxygen atoms in total. The number of amides is 1. The molecule has 10 heteroatoms. The summed E-state index contributed by atoms with van der Waals surface area (Å²) in [6, 6.07) is 9.33. The van der Waals surface area contributed by atoms with Crippen molar-refractivity contribution in [3.63, 3.8) is 0 Å². The van der Waals surface area contributed by atoms with E-state index < -0.39 is 17.8 Å². The first kappa shape index (κ1) is 20.0. The smallest absolute Gasteiger partial charge is 0.305 e. The van der Waals surface area contributed by atoms with Gasteiger partial charge >= 0.3 is 11.8 Å². The van der Waals surface area contributed by atoms with Gasteiger partial charge in [-0.25, -0.2) is 10.1 Å². The number of aromatic nitrogens is 4. The molecule has 0 spiro atoms. The van der Waals surface area contributed by atoms with E-state index >= 15 is 0 Å². The predicted molar refractivity (Wildman–Crippen MR) is 106 cm³/mol. The summed E-state index contributed by atoms with van der Waals surface area (Å²) in [6.07, 6.45) is -2.32. The Balaban J connectivity index is 1.77. The summed E-state index contributed by atoms with van der Waals surface area (Å²) in [5.41, 5.74) is 0.0851. The molecule has 0 saturated carbocycles. The molecule has 0 fully saturated rings. The number of hydrogen-bond acceptors (Lipinski definition) is 4. The summed E-state index contributed by atoms with van der Waals surface area (Å²) in [7, 11) is 0. The molecule has 0 aliphatic rings. The van der Waals surface area contributed by atoms with Gasteiger partial charge in [-0.2, -0.15) is 13.2 Å². The monoisotopic (exact) mass is 432 g/mol. The Morgan fingerprint density at radius 3 is 2.70 bits per heavy atom. The number of pyridine rings is 1. The van der Waals surface area contributed by atoms with Gasteiger partial charge in [-0.05, 0) is 48.2 Å². The van der Waals surface area contributed by atoms with Crippen LogP contribution in [0.2, 0.25) is 0 Å². The fourth-order valence-electron chi connectivity index (χ4n) is 2.96. The van der Waals surface area contributed by atoms with E-state index in [0.29, 0.717) is 10.7 Å². The molecular weight excluding hydrogens is 415 g/mol. The Hall–Kier alpha value is -3.27. The molecule has 30 heavy (non-hydrogen) atoms. The van der Waals surface area contributed by atoms with Gasteiger partial charge in [0.25, 0.3) is 5.91 Å². The van der Waals surface area contributed by atoms with Crippen molar-refractivity contribution in [2.75, 3.05) is 5.32 Å². The fourth-order valence-corrected chi connectivity index (χ4v) is 3.87. The molecule has 4 rings (SSSR count). The SMILES string of the molecule is CCc1ccc(-c2cc(C(F)(F)F)[n+]3[nH]c(C(=O)Nc4cc(C)ccn4)cc3n2)s1. The van der Waals surface area contributed by atoms with Crippen molar-refractivity contribution < 1.29 is 22.5 Å². The van der Waals surface area contributed by atoms with Gasteiger partial charge in [0.15, 0.2) is 5.69 Å². The van der Waals surface area contributed by atoms with Gasteiger partial charge in [-0.1, -0.05) is 6.92 Å². The van der Waals surface area contributed by atoms with Gasteiger partial charge in [0, 0.05) is 17.1 Å². The predicted octanol–water partition coefficient (Wildman–Crippen LogP) is 4.41. The van der Waals surface area contributed by atoms with E-state index in [-0.39, 0.29) is 17.0 Å². The molecule has 0 atom stereocenters. The lowest BCUT2D eigenvalue weighted by Crippen LogP contribution is -2.36. The number of fused-ring (bicyclic) bond motifs is 1. The van der Waals surface area contributed by atoms with Crippen LogP contribution in [0.25, 0.3) is 16.2 Å². The molecule has 0 saturated heterocycles. The van der Waals surface area contributed by atoms with Gasteiger partial charge in [0.05, 0.1) is 10.9 Å². The van der Waals surface area contributed by atoms with Crippen molar-refractivity contribution in [2.24, 2.45) is 0 Å². The van der Waals surface area contributed by atoms with Crippen molar-refractivity contribution in [3.05, 3.63) is 64.4 Å². The number of halogens is 3. The topological polar surface area (TPSA) is 74.8 Å². The second kappa shape index (κ2) is 7.52. The van der Waals surface area contributed by atoms with Crippen LogP contribution in [0.15, 0.2) is 42.6 Å². The molecule has 2 N–H and O–H groups in total. The quantitative estimate of drug-likeness (QED) is 0.469. The van der Waals surface area contributed by atoms with Crippen LogP contribution in [0.5, 0.6) is 0 Å². The van der Waals surface area contributed by atoms with Crippen molar-refractivity contribution in [3.8, 4) is 10.6 Å². The zero-order valence-electron chi connectivity index (χ0n) is 16.0. The summed E-state index contributed by atoms with van der Waals surface area (Å²) in [5.74, 6) is -0.309. The summed E-state index contributed by atoms with van der Waals surface area (Å²) in [6.45, 7) is 3.81. The molecule has 0 aliphatic carbocycles. The Morgan fingerprint density at radius 2 is 2.03 bits per heavy atom. The van der Waals surface area contributed by atoms with Crippen LogP contribution in [-0.2, 0) is 12.6 Å². The van der Waals surface area contributed by atoms with Crippen molar-refractivity contribution >= 4 is 28.7 Å². The number of aromatic amines is 1. The summed E-state index contributed by atoms with van der Waals surface area (Å²) >= 11 is 1.39. The minimum absolute atomic E-state index is 0.00590. The minimum atomic E-state index is -4.64. The maximum atomic E-state index is 13.7. The number of H-pyrrole nitrogens is 1. The number of alkyl halides is 3. The van der Waals surface area contributed by atoms with E-state index in [1.807, 2.05) is 19.9 Å². The average Bonchev–Trinajstić information content (AvgIpc) is 3.33. The van der Waals surface area contributed by atoms with Gasteiger partial charge in [0.2, 0.25) is 5.69 Å². The summed E-state index contributed by atoms with van der Waals surface area (Å²) in [4.78, 5) is 22.6. The van der Waals surface area contributed by atoms with E-state index in [4.69, 9.17) is 0 Å². The van der Waals surface area contributed by atoms with Gasteiger partial charge in [-0.3, -0.25) is 4.79 Å². The lowest BCUT2D eigenvalue weighted by Gasteiger charge is -2.04. The third-order valence-corrected chi connectivity index (χ3v) is 5.69. The highest BCUT2D eigenvalue weighted by Gasteiger charge is 2.40. The first-order valence-corrected chi connectivity index (χ1v) is 9.92. The zero-order chi connectivity index (χ0) is 21.5. The Morgan fingerprint density at radius 1 is 1.23 bits per heavy atom. The van der Waals surface area contributed by atoms with E-state index in [0.717, 1.165) is 27.4 Å².